The maximum Gasteiger partial charge on any atom is 0.0990 e. The summed E-state index contributed by atoms with van der Waals surface area (Å²) in [7, 11) is 0. The fraction of sp³-hybridized carbons (Fsp3) is 0.429. The minimum absolute atomic E-state index is 0.261. The summed E-state index contributed by atoms with van der Waals surface area (Å²) in [5.41, 5.74) is 14.3. The molecule has 20 heavy (non-hydrogen) atoms. The first-order valence-corrected chi connectivity index (χ1v) is 7.83. The maximum absolute atomic E-state index is 6.12. The summed E-state index contributed by atoms with van der Waals surface area (Å²) in [4.78, 5) is 3.77. The Kier molecular flexibility index (Phi) is 2.85. The van der Waals surface area contributed by atoms with Crippen molar-refractivity contribution in [2.75, 3.05) is 30.8 Å². The largest absolute Gasteiger partial charge is 0.398 e. The molecule has 0 saturated carbocycles. The minimum atomic E-state index is 0.261. The predicted octanol–water partition coefficient (Wildman–Crippen LogP) is 1.49. The molecule has 6 heteroatoms. The fourth-order valence-electron chi connectivity index (χ4n) is 3.21. The number of likely N-dealkylation sites (tertiary alicyclic amines) is 1. The van der Waals surface area contributed by atoms with Crippen LogP contribution in [0.1, 0.15) is 17.5 Å². The highest BCUT2D eigenvalue weighted by Crippen LogP contribution is 2.44. The molecule has 1 fully saturated rings. The third-order valence-electron chi connectivity index (χ3n) is 4.20. The van der Waals surface area contributed by atoms with Gasteiger partial charge in [-0.25, -0.2) is 0 Å². The lowest BCUT2D eigenvalue weighted by Crippen LogP contribution is -2.43. The van der Waals surface area contributed by atoms with E-state index < -0.39 is 0 Å². The summed E-state index contributed by atoms with van der Waals surface area (Å²) >= 11 is 1.79. The summed E-state index contributed by atoms with van der Waals surface area (Å²) in [5, 5.41) is 8.25. The summed E-state index contributed by atoms with van der Waals surface area (Å²) in [6.45, 7) is 2.80. The Balaban J connectivity index is 1.81. The highest BCUT2D eigenvalue weighted by Gasteiger charge is 2.32. The van der Waals surface area contributed by atoms with Crippen LogP contribution in [0.2, 0.25) is 0 Å². The molecule has 0 radical (unpaired) electrons. The van der Waals surface area contributed by atoms with Crippen LogP contribution in [0.25, 0.3) is 10.1 Å². The SMILES string of the molecule is Nc1cccc2c3c(sc12)C(N1CC[C@@H](N)C1)NCN3. The van der Waals surface area contributed by atoms with Crippen molar-refractivity contribution in [2.45, 2.75) is 18.6 Å². The highest BCUT2D eigenvalue weighted by molar-refractivity contribution is 7.20. The quantitative estimate of drug-likeness (QED) is 0.598. The van der Waals surface area contributed by atoms with Crippen LogP contribution in [0.15, 0.2) is 18.2 Å². The second-order valence-electron chi connectivity index (χ2n) is 5.57. The second kappa shape index (κ2) is 4.60. The van der Waals surface area contributed by atoms with E-state index in [9.17, 15) is 0 Å². The predicted molar refractivity (Wildman–Crippen MR) is 84.8 cm³/mol. The molecule has 3 heterocycles. The van der Waals surface area contributed by atoms with Gasteiger partial charge in [-0.05, 0) is 12.5 Å². The molecule has 1 saturated heterocycles. The van der Waals surface area contributed by atoms with Crippen molar-refractivity contribution in [3.63, 3.8) is 0 Å². The zero-order chi connectivity index (χ0) is 13.7. The van der Waals surface area contributed by atoms with E-state index >= 15 is 0 Å². The van der Waals surface area contributed by atoms with Crippen molar-refractivity contribution in [1.29, 1.82) is 0 Å². The van der Waals surface area contributed by atoms with Crippen LogP contribution < -0.4 is 22.1 Å². The second-order valence-corrected chi connectivity index (χ2v) is 6.62. The van der Waals surface area contributed by atoms with Crippen LogP contribution in [0.4, 0.5) is 11.4 Å². The van der Waals surface area contributed by atoms with Crippen LogP contribution in [0.3, 0.4) is 0 Å². The molecule has 0 aliphatic carbocycles. The molecular weight excluding hydrogens is 270 g/mol. The average molecular weight is 289 g/mol. The van der Waals surface area contributed by atoms with Crippen LogP contribution >= 0.6 is 11.3 Å². The number of rotatable bonds is 1. The molecule has 0 spiro atoms. The number of fused-ring (bicyclic) bond motifs is 3. The molecule has 2 atom stereocenters. The number of nitrogens with one attached hydrogen (secondary N) is 2. The van der Waals surface area contributed by atoms with Crippen molar-refractivity contribution >= 4 is 32.8 Å². The Hall–Kier alpha value is -1.34. The Labute approximate surface area is 121 Å². The van der Waals surface area contributed by atoms with E-state index in [1.165, 1.54) is 20.7 Å². The smallest absolute Gasteiger partial charge is 0.0990 e. The number of nitrogens with two attached hydrogens (primary N) is 2. The number of nitrogens with zero attached hydrogens (tertiary/aromatic N) is 1. The number of benzene rings is 1. The van der Waals surface area contributed by atoms with E-state index in [1.54, 1.807) is 11.3 Å². The first-order valence-electron chi connectivity index (χ1n) is 7.02. The molecule has 1 aromatic carbocycles. The summed E-state index contributed by atoms with van der Waals surface area (Å²) in [5.74, 6) is 0. The third kappa shape index (κ3) is 1.80. The monoisotopic (exact) mass is 289 g/mol. The van der Waals surface area contributed by atoms with Gasteiger partial charge in [0.1, 0.15) is 0 Å². The zero-order valence-corrected chi connectivity index (χ0v) is 12.0. The first-order chi connectivity index (χ1) is 9.74. The van der Waals surface area contributed by atoms with E-state index in [4.69, 9.17) is 11.5 Å². The van der Waals surface area contributed by atoms with E-state index in [-0.39, 0.29) is 6.17 Å². The van der Waals surface area contributed by atoms with Crippen molar-refractivity contribution < 1.29 is 0 Å². The molecule has 0 amide bonds. The maximum atomic E-state index is 6.12. The Morgan fingerprint density at radius 1 is 1.35 bits per heavy atom. The fourth-order valence-corrected chi connectivity index (χ4v) is 4.52. The number of nitrogen functional groups attached to an aromatic ring is 1. The molecule has 1 unspecified atom stereocenters. The van der Waals surface area contributed by atoms with Gasteiger partial charge in [-0.15, -0.1) is 11.3 Å². The van der Waals surface area contributed by atoms with Gasteiger partial charge in [0.15, 0.2) is 0 Å². The molecule has 0 bridgehead atoms. The third-order valence-corrected chi connectivity index (χ3v) is 5.51. The molecule has 2 aromatic rings. The molecule has 1 aromatic heterocycles. The Morgan fingerprint density at radius 2 is 2.25 bits per heavy atom. The lowest BCUT2D eigenvalue weighted by Gasteiger charge is -2.32. The van der Waals surface area contributed by atoms with Crippen molar-refractivity contribution in [3.8, 4) is 0 Å². The summed E-state index contributed by atoms with van der Waals surface area (Å²) < 4.78 is 1.18. The van der Waals surface area contributed by atoms with Crippen molar-refractivity contribution in [3.05, 3.63) is 23.1 Å². The van der Waals surface area contributed by atoms with Gasteiger partial charge in [-0.3, -0.25) is 10.2 Å². The van der Waals surface area contributed by atoms with E-state index in [2.05, 4.69) is 21.6 Å². The zero-order valence-electron chi connectivity index (χ0n) is 11.2. The van der Waals surface area contributed by atoms with Crippen LogP contribution in [0.5, 0.6) is 0 Å². The van der Waals surface area contributed by atoms with Crippen molar-refractivity contribution in [1.82, 2.24) is 10.2 Å². The Bertz CT molecular complexity index is 652. The molecule has 2 aliphatic heterocycles. The number of anilines is 2. The average Bonchev–Trinajstić information content (AvgIpc) is 3.03. The minimum Gasteiger partial charge on any atom is -0.398 e. The van der Waals surface area contributed by atoms with Gasteiger partial charge < -0.3 is 16.8 Å². The van der Waals surface area contributed by atoms with E-state index in [0.29, 0.717) is 6.04 Å². The number of thiophene rings is 1. The molecule has 106 valence electrons. The molecular formula is C14H19N5S. The van der Waals surface area contributed by atoms with Gasteiger partial charge >= 0.3 is 0 Å². The number of hydrogen-bond acceptors (Lipinski definition) is 6. The van der Waals surface area contributed by atoms with Crippen molar-refractivity contribution in [2.24, 2.45) is 5.73 Å². The molecule has 6 N–H and O–H groups in total. The molecule has 2 aliphatic rings. The van der Waals surface area contributed by atoms with E-state index in [1.807, 2.05) is 12.1 Å². The summed E-state index contributed by atoms with van der Waals surface area (Å²) in [6, 6.07) is 6.44. The van der Waals surface area contributed by atoms with Crippen LogP contribution in [-0.2, 0) is 0 Å². The summed E-state index contributed by atoms with van der Waals surface area (Å²) in [6.07, 6.45) is 1.34. The van der Waals surface area contributed by atoms with Crippen LogP contribution in [0, 0.1) is 0 Å². The van der Waals surface area contributed by atoms with Gasteiger partial charge in [0, 0.05) is 30.2 Å². The van der Waals surface area contributed by atoms with Gasteiger partial charge in [0.05, 0.1) is 28.1 Å². The van der Waals surface area contributed by atoms with Gasteiger partial charge in [-0.1, -0.05) is 12.1 Å². The lowest BCUT2D eigenvalue weighted by atomic mass is 10.1. The first kappa shape index (κ1) is 12.4. The van der Waals surface area contributed by atoms with Gasteiger partial charge in [-0.2, -0.15) is 0 Å². The highest BCUT2D eigenvalue weighted by atomic mass is 32.1. The Morgan fingerprint density at radius 3 is 3.05 bits per heavy atom. The number of hydrogen-bond donors (Lipinski definition) is 4. The van der Waals surface area contributed by atoms with Crippen LogP contribution in [-0.4, -0.2) is 30.7 Å². The normalized spacial score (nSPS) is 26.6. The molecule has 5 nitrogen and oxygen atoms in total. The van der Waals surface area contributed by atoms with Gasteiger partial charge in [0.2, 0.25) is 0 Å². The molecule has 4 rings (SSSR count). The standard InChI is InChI=1S/C14H19N5S/c15-8-4-5-19(6-8)14-13-11(17-7-18-14)9-2-1-3-10(16)12(9)20-13/h1-3,8,14,17-18H,4-7,15-16H2/t8-,14?/m1/s1. The van der Waals surface area contributed by atoms with Gasteiger partial charge in [0.25, 0.3) is 0 Å². The van der Waals surface area contributed by atoms with E-state index in [0.717, 1.165) is 31.9 Å². The topological polar surface area (TPSA) is 79.3 Å². The lowest BCUT2D eigenvalue weighted by molar-refractivity contribution is 0.207.